The van der Waals surface area contributed by atoms with Gasteiger partial charge in [0.15, 0.2) is 23.4 Å². The molecule has 0 fully saturated rings. The lowest BCUT2D eigenvalue weighted by Crippen LogP contribution is -2.49. The maximum atomic E-state index is 5.38. The molecule has 0 aromatic heterocycles. The molecule has 0 amide bonds. The molecule has 2 aliphatic heterocycles. The lowest BCUT2D eigenvalue weighted by molar-refractivity contribution is 0.174. The average Bonchev–Trinajstić information content (AvgIpc) is 2.94. The third-order valence-electron chi connectivity index (χ3n) is 3.25. The Kier molecular flexibility index (Phi) is 3.81. The lowest BCUT2D eigenvalue weighted by Gasteiger charge is -2.19. The van der Waals surface area contributed by atoms with E-state index < -0.39 is 0 Å². The minimum absolute atomic E-state index is 0.0817. The minimum Gasteiger partial charge on any atom is -0.454 e. The lowest BCUT2D eigenvalue weighted by atomic mass is 10.1. The van der Waals surface area contributed by atoms with Gasteiger partial charge in [-0.3, -0.25) is 5.32 Å². The molecule has 0 bridgehead atoms. The Hall–Kier alpha value is -2.44. The second-order valence-corrected chi connectivity index (χ2v) is 4.83. The van der Waals surface area contributed by atoms with E-state index in [2.05, 4.69) is 32.0 Å². The standard InChI is InChI=1S/C14H19N5O2/c1-9-17-13(15-2)19-14(18-9)16-6-5-10-3-4-11-12(7-10)21-8-20-11/h3-4,7,9H,5-6,8H2,1-2H3,(H3,15,16,17,18,19). The van der Waals surface area contributed by atoms with Crippen molar-refractivity contribution in [2.45, 2.75) is 19.5 Å². The number of benzene rings is 1. The fraction of sp³-hybridized carbons (Fsp3) is 0.429. The topological polar surface area (TPSA) is 79.3 Å². The molecule has 1 aromatic rings. The average molecular weight is 289 g/mol. The van der Waals surface area contributed by atoms with E-state index in [1.165, 1.54) is 5.56 Å². The van der Waals surface area contributed by atoms with Crippen LogP contribution in [0.25, 0.3) is 0 Å². The molecule has 1 unspecified atom stereocenters. The molecule has 0 radical (unpaired) electrons. The molecule has 21 heavy (non-hydrogen) atoms. The molecule has 7 nitrogen and oxygen atoms in total. The third kappa shape index (κ3) is 3.18. The van der Waals surface area contributed by atoms with E-state index in [1.807, 2.05) is 26.1 Å². The van der Waals surface area contributed by atoms with Crippen molar-refractivity contribution >= 4 is 11.9 Å². The summed E-state index contributed by atoms with van der Waals surface area (Å²) < 4.78 is 10.7. The SMILES string of the molecule is CNC1=NC(C)N=C(NCCc2ccc3c(c2)OCO3)N1. The molecule has 2 heterocycles. The zero-order valence-electron chi connectivity index (χ0n) is 12.1. The monoisotopic (exact) mass is 289 g/mol. The fourth-order valence-electron chi connectivity index (χ4n) is 2.22. The van der Waals surface area contributed by atoms with Crippen LogP contribution in [0.15, 0.2) is 28.2 Å². The van der Waals surface area contributed by atoms with Crippen LogP contribution in [-0.4, -0.2) is 38.5 Å². The van der Waals surface area contributed by atoms with Gasteiger partial charge in [-0.25, -0.2) is 9.98 Å². The van der Waals surface area contributed by atoms with Crippen LogP contribution in [0, 0.1) is 0 Å². The van der Waals surface area contributed by atoms with Gasteiger partial charge in [0.2, 0.25) is 6.79 Å². The Labute approximate surface area is 123 Å². The molecular weight excluding hydrogens is 270 g/mol. The van der Waals surface area contributed by atoms with Crippen molar-refractivity contribution < 1.29 is 9.47 Å². The molecule has 1 atom stereocenters. The first-order valence-electron chi connectivity index (χ1n) is 6.97. The fourth-order valence-corrected chi connectivity index (χ4v) is 2.22. The summed E-state index contributed by atoms with van der Waals surface area (Å²) in [7, 11) is 1.83. The van der Waals surface area contributed by atoms with Crippen molar-refractivity contribution in [2.24, 2.45) is 9.98 Å². The van der Waals surface area contributed by atoms with Crippen molar-refractivity contribution in [3.8, 4) is 11.5 Å². The van der Waals surface area contributed by atoms with Gasteiger partial charge in [0.1, 0.15) is 6.17 Å². The van der Waals surface area contributed by atoms with Crippen LogP contribution in [0.2, 0.25) is 0 Å². The summed E-state index contributed by atoms with van der Waals surface area (Å²) in [5.74, 6) is 3.10. The smallest absolute Gasteiger partial charge is 0.231 e. The van der Waals surface area contributed by atoms with Crippen LogP contribution in [-0.2, 0) is 6.42 Å². The van der Waals surface area contributed by atoms with Crippen LogP contribution in [0.1, 0.15) is 12.5 Å². The van der Waals surface area contributed by atoms with E-state index >= 15 is 0 Å². The highest BCUT2D eigenvalue weighted by Crippen LogP contribution is 2.32. The van der Waals surface area contributed by atoms with Gasteiger partial charge in [-0.05, 0) is 31.0 Å². The summed E-state index contributed by atoms with van der Waals surface area (Å²) in [5.41, 5.74) is 1.19. The summed E-state index contributed by atoms with van der Waals surface area (Å²) in [5, 5.41) is 9.36. The third-order valence-corrected chi connectivity index (χ3v) is 3.25. The highest BCUT2D eigenvalue weighted by molar-refractivity contribution is 5.99. The minimum atomic E-state index is -0.0817. The van der Waals surface area contributed by atoms with Crippen molar-refractivity contribution in [1.82, 2.24) is 16.0 Å². The molecule has 0 spiro atoms. The van der Waals surface area contributed by atoms with Crippen molar-refractivity contribution in [3.63, 3.8) is 0 Å². The quantitative estimate of drug-likeness (QED) is 0.752. The predicted octanol–water partition coefficient (Wildman–Crippen LogP) is 0.428. The van der Waals surface area contributed by atoms with Crippen LogP contribution < -0.4 is 25.4 Å². The number of aliphatic imine (C=N–C) groups is 2. The summed E-state index contributed by atoms with van der Waals surface area (Å²) in [6.07, 6.45) is 0.791. The van der Waals surface area contributed by atoms with E-state index in [0.29, 0.717) is 6.79 Å². The van der Waals surface area contributed by atoms with Crippen molar-refractivity contribution in [2.75, 3.05) is 20.4 Å². The van der Waals surface area contributed by atoms with Crippen LogP contribution >= 0.6 is 0 Å². The van der Waals surface area contributed by atoms with E-state index in [9.17, 15) is 0 Å². The Bertz CT molecular complexity index is 585. The highest BCUT2D eigenvalue weighted by atomic mass is 16.7. The predicted molar refractivity (Wildman–Crippen MR) is 80.8 cm³/mol. The molecule has 3 rings (SSSR count). The molecule has 0 saturated carbocycles. The number of hydrogen-bond acceptors (Lipinski definition) is 7. The second-order valence-electron chi connectivity index (χ2n) is 4.83. The van der Waals surface area contributed by atoms with E-state index in [-0.39, 0.29) is 6.17 Å². The molecule has 7 heteroatoms. The molecule has 0 saturated heterocycles. The van der Waals surface area contributed by atoms with Gasteiger partial charge in [0.05, 0.1) is 0 Å². The number of nitrogens with one attached hydrogen (secondary N) is 3. The van der Waals surface area contributed by atoms with E-state index in [0.717, 1.165) is 36.4 Å². The molecule has 2 aliphatic rings. The zero-order chi connectivity index (χ0) is 14.7. The van der Waals surface area contributed by atoms with Gasteiger partial charge in [0, 0.05) is 13.6 Å². The zero-order valence-corrected chi connectivity index (χ0v) is 12.1. The Morgan fingerprint density at radius 2 is 2.05 bits per heavy atom. The number of guanidine groups is 2. The molecular formula is C14H19N5O2. The number of hydrogen-bond donors (Lipinski definition) is 3. The largest absolute Gasteiger partial charge is 0.454 e. The van der Waals surface area contributed by atoms with E-state index in [1.54, 1.807) is 0 Å². The maximum absolute atomic E-state index is 5.38. The number of fused-ring (bicyclic) bond motifs is 1. The van der Waals surface area contributed by atoms with Gasteiger partial charge in [-0.2, -0.15) is 0 Å². The first kappa shape index (κ1) is 13.5. The maximum Gasteiger partial charge on any atom is 0.231 e. The van der Waals surface area contributed by atoms with Crippen LogP contribution in [0.4, 0.5) is 0 Å². The number of ether oxygens (including phenoxy) is 2. The second kappa shape index (κ2) is 5.90. The van der Waals surface area contributed by atoms with Gasteiger partial charge in [-0.1, -0.05) is 6.07 Å². The van der Waals surface area contributed by atoms with E-state index in [4.69, 9.17) is 9.47 Å². The first-order chi connectivity index (χ1) is 10.2. The van der Waals surface area contributed by atoms with Gasteiger partial charge >= 0.3 is 0 Å². The highest BCUT2D eigenvalue weighted by Gasteiger charge is 2.14. The summed E-state index contributed by atoms with van der Waals surface area (Å²) in [4.78, 5) is 8.68. The first-order valence-corrected chi connectivity index (χ1v) is 6.97. The van der Waals surface area contributed by atoms with Crippen LogP contribution in [0.5, 0.6) is 11.5 Å². The molecule has 112 valence electrons. The Morgan fingerprint density at radius 1 is 1.24 bits per heavy atom. The van der Waals surface area contributed by atoms with Crippen molar-refractivity contribution in [1.29, 1.82) is 0 Å². The van der Waals surface area contributed by atoms with Gasteiger partial charge in [0.25, 0.3) is 0 Å². The van der Waals surface area contributed by atoms with Gasteiger partial charge < -0.3 is 20.1 Å². The number of rotatable bonds is 3. The van der Waals surface area contributed by atoms with Crippen LogP contribution in [0.3, 0.4) is 0 Å². The molecule has 3 N–H and O–H groups in total. The Balaban J connectivity index is 1.52. The molecule has 1 aromatic carbocycles. The molecule has 0 aliphatic carbocycles. The normalized spacial score (nSPS) is 19.4. The van der Waals surface area contributed by atoms with Gasteiger partial charge in [-0.15, -0.1) is 0 Å². The van der Waals surface area contributed by atoms with Crippen molar-refractivity contribution in [3.05, 3.63) is 23.8 Å². The Morgan fingerprint density at radius 3 is 2.90 bits per heavy atom. The summed E-state index contributed by atoms with van der Waals surface area (Å²) in [6.45, 7) is 3.02. The number of nitrogens with zero attached hydrogens (tertiary/aromatic N) is 2. The summed E-state index contributed by atoms with van der Waals surface area (Å²) >= 11 is 0. The summed E-state index contributed by atoms with van der Waals surface area (Å²) in [6, 6.07) is 6.01.